The van der Waals surface area contributed by atoms with Crippen molar-refractivity contribution in [3.8, 4) is 0 Å². The summed E-state index contributed by atoms with van der Waals surface area (Å²) in [5.41, 5.74) is 2.51. The molecular formula is C30H42F2N4O4S. The molecule has 2 unspecified atom stereocenters. The predicted octanol–water partition coefficient (Wildman–Crippen LogP) is 4.90. The highest BCUT2D eigenvalue weighted by molar-refractivity contribution is 7.79. The Balaban J connectivity index is 0.000000366. The van der Waals surface area contributed by atoms with Crippen molar-refractivity contribution in [2.75, 3.05) is 30.6 Å². The van der Waals surface area contributed by atoms with Gasteiger partial charge in [-0.15, -0.1) is 0 Å². The molecule has 0 aromatic heterocycles. The topological polar surface area (TPSA) is 98.8 Å². The van der Waals surface area contributed by atoms with E-state index in [0.29, 0.717) is 48.9 Å². The Kier molecular flexibility index (Phi) is 15.1. The number of likely N-dealkylation sites (tertiary alicyclic amines) is 1. The lowest BCUT2D eigenvalue weighted by Gasteiger charge is -2.31. The highest BCUT2D eigenvalue weighted by Gasteiger charge is 2.32. The van der Waals surface area contributed by atoms with Gasteiger partial charge < -0.3 is 10.2 Å². The Morgan fingerprint density at radius 1 is 1.00 bits per heavy atom. The van der Waals surface area contributed by atoms with E-state index in [-0.39, 0.29) is 41.3 Å². The molecule has 0 bridgehead atoms. The zero-order chi connectivity index (χ0) is 31.3. The van der Waals surface area contributed by atoms with Crippen molar-refractivity contribution in [1.82, 2.24) is 10.2 Å². The zero-order valence-corrected chi connectivity index (χ0v) is 25.8. The smallest absolute Gasteiger partial charge is 0.251 e. The third-order valence-corrected chi connectivity index (χ3v) is 6.65. The first-order valence-corrected chi connectivity index (χ1v) is 14.5. The first kappa shape index (κ1) is 35.6. The molecule has 2 N–H and O–H groups in total. The average molecular weight is 593 g/mol. The van der Waals surface area contributed by atoms with Crippen LogP contribution in [0, 0.1) is 18.6 Å². The van der Waals surface area contributed by atoms with E-state index >= 15 is 0 Å². The van der Waals surface area contributed by atoms with E-state index in [1.165, 1.54) is 19.2 Å². The van der Waals surface area contributed by atoms with Crippen LogP contribution in [0.4, 0.5) is 20.2 Å². The fourth-order valence-corrected chi connectivity index (χ4v) is 4.25. The largest absolute Gasteiger partial charge is 0.374 e. The highest BCUT2D eigenvalue weighted by atomic mass is 32.1. The Labute approximate surface area is 247 Å². The van der Waals surface area contributed by atoms with Gasteiger partial charge in [0, 0.05) is 38.3 Å². The van der Waals surface area contributed by atoms with Crippen LogP contribution in [0.1, 0.15) is 57.6 Å². The minimum absolute atomic E-state index is 0.171. The van der Waals surface area contributed by atoms with E-state index in [1.54, 1.807) is 49.4 Å². The molecule has 2 aliphatic heterocycles. The number of likely N-dealkylation sites (N-methyl/N-ethyl adjacent to an activating group) is 2. The fraction of sp³-hybridized carbons (Fsp3) is 0.467. The Bertz CT molecular complexity index is 1210. The summed E-state index contributed by atoms with van der Waals surface area (Å²) < 4.78 is 26.8. The molecule has 2 atom stereocenters. The molecule has 2 saturated heterocycles. The molecule has 0 aliphatic carbocycles. The number of aryl methyl sites for hydroxylation is 2. The van der Waals surface area contributed by atoms with E-state index in [1.807, 2.05) is 20.8 Å². The number of rotatable bonds is 5. The number of amides is 4. The summed E-state index contributed by atoms with van der Waals surface area (Å²) in [4.78, 5) is 48.9. The molecule has 2 aromatic carbocycles. The van der Waals surface area contributed by atoms with E-state index < -0.39 is 6.04 Å². The molecular weight excluding hydrogens is 550 g/mol. The summed E-state index contributed by atoms with van der Waals surface area (Å²) in [7, 11) is 3.24. The highest BCUT2D eigenvalue weighted by Crippen LogP contribution is 2.23. The zero-order valence-electron chi connectivity index (χ0n) is 24.9. The summed E-state index contributed by atoms with van der Waals surface area (Å²) in [6.45, 7) is 7.56. The second-order valence-electron chi connectivity index (χ2n) is 9.20. The second-order valence-corrected chi connectivity index (χ2v) is 9.20. The van der Waals surface area contributed by atoms with E-state index in [4.69, 9.17) is 0 Å². The van der Waals surface area contributed by atoms with Crippen LogP contribution in [0.15, 0.2) is 36.4 Å². The summed E-state index contributed by atoms with van der Waals surface area (Å²) in [5, 5.41) is 5.30. The Morgan fingerprint density at radius 3 is 2.22 bits per heavy atom. The number of hydrogen-bond acceptors (Lipinski definition) is 7. The molecule has 8 nitrogen and oxygen atoms in total. The number of piperidine rings is 2. The molecule has 2 aromatic rings. The molecule has 11 heteroatoms. The molecule has 41 heavy (non-hydrogen) atoms. The van der Waals surface area contributed by atoms with Crippen LogP contribution < -0.4 is 15.5 Å². The summed E-state index contributed by atoms with van der Waals surface area (Å²) in [6, 6.07) is 8.72. The maximum atomic E-state index is 13.7. The molecule has 0 radical (unpaired) electrons. The first-order valence-electron chi connectivity index (χ1n) is 13.6. The molecule has 2 aliphatic rings. The second kappa shape index (κ2) is 17.4. The van der Waals surface area contributed by atoms with Gasteiger partial charge in [0.15, 0.2) is 0 Å². The van der Waals surface area contributed by atoms with Crippen LogP contribution in [0.5, 0.6) is 0 Å². The van der Waals surface area contributed by atoms with Crippen LogP contribution >= 0.6 is 12.6 Å². The number of anilines is 2. The molecule has 4 rings (SSSR count). The van der Waals surface area contributed by atoms with Crippen LogP contribution in [0.3, 0.4) is 0 Å². The average Bonchev–Trinajstić information content (AvgIpc) is 2.97. The quantitative estimate of drug-likeness (QED) is 0.338. The lowest BCUT2D eigenvalue weighted by Crippen LogP contribution is -2.51. The van der Waals surface area contributed by atoms with Gasteiger partial charge in [-0.25, -0.2) is 8.78 Å². The summed E-state index contributed by atoms with van der Waals surface area (Å²) >= 11 is 3.53. The summed E-state index contributed by atoms with van der Waals surface area (Å²) in [5.74, 6) is -1.52. The van der Waals surface area contributed by atoms with E-state index in [0.717, 1.165) is 10.6 Å². The maximum Gasteiger partial charge on any atom is 0.251 e. The van der Waals surface area contributed by atoms with Crippen molar-refractivity contribution >= 4 is 47.6 Å². The van der Waals surface area contributed by atoms with E-state index in [9.17, 15) is 28.0 Å². The molecule has 4 amide bonds. The van der Waals surface area contributed by atoms with Gasteiger partial charge in [0.1, 0.15) is 23.7 Å². The number of imide groups is 2. The van der Waals surface area contributed by atoms with Gasteiger partial charge in [-0.2, -0.15) is 12.6 Å². The number of benzene rings is 2. The monoisotopic (exact) mass is 592 g/mol. The van der Waals surface area contributed by atoms with Gasteiger partial charge in [0.2, 0.25) is 17.7 Å². The first-order chi connectivity index (χ1) is 19.5. The number of carbonyl (C=O) groups excluding carboxylic acids is 4. The van der Waals surface area contributed by atoms with Crippen molar-refractivity contribution < 1.29 is 28.0 Å². The van der Waals surface area contributed by atoms with Crippen molar-refractivity contribution in [3.63, 3.8) is 0 Å². The van der Waals surface area contributed by atoms with Crippen LogP contribution in [-0.2, 0) is 25.6 Å². The van der Waals surface area contributed by atoms with Crippen molar-refractivity contribution in [2.24, 2.45) is 0 Å². The molecule has 2 heterocycles. The lowest BCUT2D eigenvalue weighted by molar-refractivity contribution is -0.147. The molecule has 0 saturated carbocycles. The minimum atomic E-state index is -0.463. The van der Waals surface area contributed by atoms with Gasteiger partial charge in [0.05, 0.1) is 0 Å². The third kappa shape index (κ3) is 9.84. The molecule has 2 fully saturated rings. The standard InChI is InChI=1S/C14H17FN2O2.C13H15FN2O2.C2H6.CH4S/c1-3-9-4-5-10(8-11(9)15)16-12-6-7-13(18)17(2)14(12)19;1-8-7-9(3-4-10(8)14)16(2)11-5-6-12(17)15-13(11)18;2*1-2/h4-5,8,12,16H,3,6-7H2,1-2H3;3-4,7,11H,5-6H2,1-2H3,(H,15,17,18);1-2H3;2H,1H3. The Hall–Kier alpha value is -3.47. The van der Waals surface area contributed by atoms with Gasteiger partial charge in [-0.3, -0.25) is 29.4 Å². The van der Waals surface area contributed by atoms with Crippen LogP contribution in [0.2, 0.25) is 0 Å². The van der Waals surface area contributed by atoms with Crippen molar-refractivity contribution in [3.05, 3.63) is 59.2 Å². The van der Waals surface area contributed by atoms with Gasteiger partial charge in [-0.05, 0) is 73.9 Å². The number of nitrogens with zero attached hydrogens (tertiary/aromatic N) is 2. The number of nitrogens with one attached hydrogen (secondary N) is 2. The number of hydrogen-bond donors (Lipinski definition) is 3. The van der Waals surface area contributed by atoms with Gasteiger partial charge >= 0.3 is 0 Å². The van der Waals surface area contributed by atoms with Crippen molar-refractivity contribution in [2.45, 2.75) is 71.9 Å². The molecule has 226 valence electrons. The van der Waals surface area contributed by atoms with Crippen molar-refractivity contribution in [1.29, 1.82) is 0 Å². The van der Waals surface area contributed by atoms with Crippen LogP contribution in [0.25, 0.3) is 0 Å². The summed E-state index contributed by atoms with van der Waals surface area (Å²) in [6.07, 6.45) is 3.92. The fourth-order valence-electron chi connectivity index (χ4n) is 4.25. The van der Waals surface area contributed by atoms with E-state index in [2.05, 4.69) is 23.3 Å². The Morgan fingerprint density at radius 2 is 1.66 bits per heavy atom. The van der Waals surface area contributed by atoms with Crippen LogP contribution in [-0.4, -0.2) is 61.0 Å². The maximum absolute atomic E-state index is 13.7. The minimum Gasteiger partial charge on any atom is -0.374 e. The van der Waals surface area contributed by atoms with Gasteiger partial charge in [-0.1, -0.05) is 26.8 Å². The molecule has 0 spiro atoms. The lowest BCUT2D eigenvalue weighted by atomic mass is 10.0. The number of halogens is 2. The third-order valence-electron chi connectivity index (χ3n) is 6.65. The van der Waals surface area contributed by atoms with Gasteiger partial charge in [0.25, 0.3) is 5.91 Å². The normalized spacial score (nSPS) is 18.0. The number of carbonyl (C=O) groups is 4. The predicted molar refractivity (Wildman–Crippen MR) is 162 cm³/mol. The number of thiol groups is 1. The SMILES string of the molecule is CC.CCc1ccc(NC2CCC(=O)N(C)C2=O)cc1F.CS.Cc1cc(N(C)C2CCC(=O)NC2=O)ccc1F.